The maximum absolute atomic E-state index is 6.21. The van der Waals surface area contributed by atoms with Gasteiger partial charge in [0.15, 0.2) is 0 Å². The van der Waals surface area contributed by atoms with Crippen molar-refractivity contribution in [3.8, 4) is 0 Å². The Balaban J connectivity index is 1.95. The first-order valence-electron chi connectivity index (χ1n) is 7.63. The summed E-state index contributed by atoms with van der Waals surface area (Å²) in [4.78, 5) is 1.44. The van der Waals surface area contributed by atoms with E-state index in [1.165, 1.54) is 27.1 Å². The van der Waals surface area contributed by atoms with E-state index in [1.54, 1.807) is 0 Å². The van der Waals surface area contributed by atoms with Gasteiger partial charge in [-0.05, 0) is 82.5 Å². The summed E-state index contributed by atoms with van der Waals surface area (Å²) in [5.74, 6) is 0. The smallest absolute Gasteiger partial charge is 0.0409 e. The van der Waals surface area contributed by atoms with Crippen LogP contribution in [0, 0.1) is 0 Å². The molecule has 1 aliphatic carbocycles. The molecule has 0 amide bonds. The molecule has 1 heterocycles. The molecule has 0 saturated heterocycles. The summed E-state index contributed by atoms with van der Waals surface area (Å²) in [5.41, 5.74) is 13.0. The number of aryl methyl sites for hydroxylation is 2. The number of nitrogen functional groups attached to an aromatic ring is 1. The molecule has 3 aromatic rings. The largest absolute Gasteiger partial charge is 0.399 e. The van der Waals surface area contributed by atoms with Gasteiger partial charge >= 0.3 is 0 Å². The minimum Gasteiger partial charge on any atom is -0.399 e. The molecule has 0 spiro atoms. The second-order valence-electron chi connectivity index (χ2n) is 5.79. The predicted molar refractivity (Wildman–Crippen MR) is 101 cm³/mol. The maximum Gasteiger partial charge on any atom is 0.0409 e. The number of benzene rings is 2. The summed E-state index contributed by atoms with van der Waals surface area (Å²) in [7, 11) is 0. The highest BCUT2D eigenvalue weighted by Crippen LogP contribution is 2.38. The van der Waals surface area contributed by atoms with Gasteiger partial charge in [0.25, 0.3) is 0 Å². The van der Waals surface area contributed by atoms with E-state index in [2.05, 4.69) is 35.7 Å². The molecule has 114 valence electrons. The summed E-state index contributed by atoms with van der Waals surface area (Å²) in [6.07, 6.45) is 4.33. The molecule has 0 radical (unpaired) electrons. The van der Waals surface area contributed by atoms with Crippen LogP contribution in [-0.4, -0.2) is 0 Å². The number of fused-ring (bicyclic) bond motifs is 2. The molecule has 0 atom stereocenters. The first-order chi connectivity index (χ1) is 11.2. The summed E-state index contributed by atoms with van der Waals surface area (Å²) in [6, 6.07) is 16.5. The normalized spacial score (nSPS) is 15.1. The van der Waals surface area contributed by atoms with Crippen LogP contribution >= 0.6 is 22.9 Å². The lowest BCUT2D eigenvalue weighted by Gasteiger charge is -2.11. The van der Waals surface area contributed by atoms with Gasteiger partial charge in [-0.25, -0.2) is 0 Å². The minimum atomic E-state index is 0.787. The van der Waals surface area contributed by atoms with E-state index in [9.17, 15) is 0 Å². The van der Waals surface area contributed by atoms with Crippen molar-refractivity contribution < 1.29 is 0 Å². The monoisotopic (exact) mass is 337 g/mol. The van der Waals surface area contributed by atoms with Gasteiger partial charge in [-0.1, -0.05) is 29.8 Å². The number of nitrogens with two attached hydrogens (primary N) is 1. The van der Waals surface area contributed by atoms with Crippen LogP contribution < -0.4 is 5.73 Å². The van der Waals surface area contributed by atoms with E-state index in [-0.39, 0.29) is 0 Å². The molecular formula is C20H16ClNS. The summed E-state index contributed by atoms with van der Waals surface area (Å²) in [5, 5.41) is 2.98. The van der Waals surface area contributed by atoms with E-state index in [0.717, 1.165) is 29.1 Å². The van der Waals surface area contributed by atoms with Crippen molar-refractivity contribution >= 4 is 40.3 Å². The van der Waals surface area contributed by atoms with E-state index in [0.29, 0.717) is 0 Å². The predicted octanol–water partition coefficient (Wildman–Crippen LogP) is 5.67. The van der Waals surface area contributed by atoms with E-state index >= 15 is 0 Å². The van der Waals surface area contributed by atoms with Gasteiger partial charge in [0.05, 0.1) is 0 Å². The van der Waals surface area contributed by atoms with Gasteiger partial charge in [-0.3, -0.25) is 0 Å². The van der Waals surface area contributed by atoms with Crippen LogP contribution in [0.5, 0.6) is 0 Å². The van der Waals surface area contributed by atoms with Crippen molar-refractivity contribution in [2.24, 2.45) is 0 Å². The van der Waals surface area contributed by atoms with Crippen molar-refractivity contribution in [2.75, 3.05) is 5.73 Å². The average Bonchev–Trinajstić information content (AvgIpc) is 2.94. The van der Waals surface area contributed by atoms with E-state index in [4.69, 9.17) is 17.3 Å². The SMILES string of the molecule is Nc1cccc(/C=C2\c3ccc(Cl)cc3CCc3sccc32)c1. The van der Waals surface area contributed by atoms with Gasteiger partial charge in [-0.2, -0.15) is 0 Å². The molecular weight excluding hydrogens is 322 g/mol. The number of thiophene rings is 1. The first kappa shape index (κ1) is 14.6. The fraction of sp³-hybridized carbons (Fsp3) is 0.100. The number of rotatable bonds is 1. The molecule has 1 aromatic heterocycles. The fourth-order valence-electron chi connectivity index (χ4n) is 3.17. The molecule has 4 rings (SSSR count). The molecule has 0 fully saturated rings. The zero-order valence-corrected chi connectivity index (χ0v) is 14.1. The topological polar surface area (TPSA) is 26.0 Å². The molecule has 2 aromatic carbocycles. The summed E-state index contributed by atoms with van der Waals surface area (Å²) in [6.45, 7) is 0. The third kappa shape index (κ3) is 2.80. The van der Waals surface area contributed by atoms with Crippen LogP contribution in [0.15, 0.2) is 53.9 Å². The molecule has 23 heavy (non-hydrogen) atoms. The van der Waals surface area contributed by atoms with Crippen molar-refractivity contribution in [3.05, 3.63) is 86.1 Å². The summed E-state index contributed by atoms with van der Waals surface area (Å²) >= 11 is 8.04. The molecule has 0 aliphatic heterocycles. The molecule has 1 nitrogen and oxygen atoms in total. The molecule has 3 heteroatoms. The Morgan fingerprint density at radius 2 is 1.91 bits per heavy atom. The molecule has 2 N–H and O–H groups in total. The quantitative estimate of drug-likeness (QED) is 0.569. The first-order valence-corrected chi connectivity index (χ1v) is 8.89. The van der Waals surface area contributed by atoms with Gasteiger partial charge in [0.1, 0.15) is 0 Å². The standard InChI is InChI=1S/C20H16ClNS/c21-15-5-6-17-14(12-15)4-7-20-18(8-9-23-20)19(17)11-13-2-1-3-16(22)10-13/h1-3,5-6,8-12H,4,7,22H2/b19-11+. The van der Waals surface area contributed by atoms with Gasteiger partial charge in [0, 0.05) is 15.6 Å². The zero-order chi connectivity index (χ0) is 15.8. The Kier molecular flexibility index (Phi) is 3.72. The van der Waals surface area contributed by atoms with Crippen LogP contribution in [0.2, 0.25) is 5.02 Å². The minimum absolute atomic E-state index is 0.787. The third-order valence-electron chi connectivity index (χ3n) is 4.24. The molecule has 1 aliphatic rings. The fourth-order valence-corrected chi connectivity index (χ4v) is 4.26. The Labute approximate surface area is 145 Å². The molecule has 0 unspecified atom stereocenters. The second kappa shape index (κ2) is 5.88. The Bertz CT molecular complexity index is 908. The Morgan fingerprint density at radius 3 is 2.78 bits per heavy atom. The maximum atomic E-state index is 6.21. The van der Waals surface area contributed by atoms with Crippen molar-refractivity contribution in [1.29, 1.82) is 0 Å². The number of halogens is 1. The van der Waals surface area contributed by atoms with Crippen LogP contribution in [-0.2, 0) is 12.8 Å². The van der Waals surface area contributed by atoms with Crippen molar-refractivity contribution in [3.63, 3.8) is 0 Å². The number of hydrogen-bond donors (Lipinski definition) is 1. The third-order valence-corrected chi connectivity index (χ3v) is 5.45. The highest BCUT2D eigenvalue weighted by molar-refractivity contribution is 7.10. The zero-order valence-electron chi connectivity index (χ0n) is 12.6. The second-order valence-corrected chi connectivity index (χ2v) is 7.22. The Hall–Kier alpha value is -2.03. The highest BCUT2D eigenvalue weighted by atomic mass is 35.5. The van der Waals surface area contributed by atoms with E-state index < -0.39 is 0 Å². The van der Waals surface area contributed by atoms with Crippen LogP contribution in [0.1, 0.15) is 27.1 Å². The number of anilines is 1. The highest BCUT2D eigenvalue weighted by Gasteiger charge is 2.19. The van der Waals surface area contributed by atoms with Crippen molar-refractivity contribution in [1.82, 2.24) is 0 Å². The molecule has 0 bridgehead atoms. The van der Waals surface area contributed by atoms with Crippen LogP contribution in [0.4, 0.5) is 5.69 Å². The summed E-state index contributed by atoms with van der Waals surface area (Å²) < 4.78 is 0. The van der Waals surface area contributed by atoms with Gasteiger partial charge < -0.3 is 5.73 Å². The average molecular weight is 338 g/mol. The lowest BCUT2D eigenvalue weighted by atomic mass is 9.94. The molecule has 0 saturated carbocycles. The lowest BCUT2D eigenvalue weighted by Crippen LogP contribution is -1.92. The van der Waals surface area contributed by atoms with Crippen LogP contribution in [0.25, 0.3) is 11.6 Å². The van der Waals surface area contributed by atoms with E-state index in [1.807, 2.05) is 35.6 Å². The van der Waals surface area contributed by atoms with Crippen molar-refractivity contribution in [2.45, 2.75) is 12.8 Å². The van der Waals surface area contributed by atoms with Gasteiger partial charge in [0.2, 0.25) is 0 Å². The lowest BCUT2D eigenvalue weighted by molar-refractivity contribution is 0.985. The Morgan fingerprint density at radius 1 is 1.00 bits per heavy atom. The number of hydrogen-bond acceptors (Lipinski definition) is 2. The van der Waals surface area contributed by atoms with Crippen LogP contribution in [0.3, 0.4) is 0 Å². The van der Waals surface area contributed by atoms with Gasteiger partial charge in [-0.15, -0.1) is 11.3 Å².